The maximum absolute atomic E-state index is 3.86. The van der Waals surface area contributed by atoms with E-state index in [2.05, 4.69) is 31.0 Å². The molecule has 0 spiro atoms. The van der Waals surface area contributed by atoms with Gasteiger partial charge in [0, 0.05) is 18.1 Å². The van der Waals surface area contributed by atoms with Crippen LogP contribution < -0.4 is 5.32 Å². The van der Waals surface area contributed by atoms with E-state index in [9.17, 15) is 0 Å². The highest BCUT2D eigenvalue weighted by molar-refractivity contribution is 5.01. The fraction of sp³-hybridized carbons (Fsp3) is 1.00. The van der Waals surface area contributed by atoms with E-state index in [0.29, 0.717) is 5.54 Å². The van der Waals surface area contributed by atoms with E-state index in [1.54, 1.807) is 0 Å². The van der Waals surface area contributed by atoms with Gasteiger partial charge < -0.3 is 5.32 Å². The molecule has 1 saturated carbocycles. The van der Waals surface area contributed by atoms with Gasteiger partial charge in [0.2, 0.25) is 0 Å². The van der Waals surface area contributed by atoms with Crippen molar-refractivity contribution >= 4 is 0 Å². The van der Waals surface area contributed by atoms with E-state index < -0.39 is 0 Å². The van der Waals surface area contributed by atoms with Crippen LogP contribution in [-0.4, -0.2) is 36.1 Å². The molecule has 2 rings (SSSR count). The SMILES string of the molecule is CCCCC(CCC)N1CCCNC(C)(C2CC2)C1. The monoisotopic (exact) mass is 266 g/mol. The molecular weight excluding hydrogens is 232 g/mol. The van der Waals surface area contributed by atoms with Crippen molar-refractivity contribution < 1.29 is 0 Å². The molecule has 0 amide bonds. The lowest BCUT2D eigenvalue weighted by atomic mass is 9.93. The molecule has 2 fully saturated rings. The van der Waals surface area contributed by atoms with E-state index in [0.717, 1.165) is 12.0 Å². The van der Waals surface area contributed by atoms with Gasteiger partial charge in [0.15, 0.2) is 0 Å². The lowest BCUT2D eigenvalue weighted by Gasteiger charge is -2.38. The molecule has 2 nitrogen and oxygen atoms in total. The van der Waals surface area contributed by atoms with Crippen LogP contribution in [0.15, 0.2) is 0 Å². The molecule has 19 heavy (non-hydrogen) atoms. The second-order valence-electron chi connectivity index (χ2n) is 7.03. The summed E-state index contributed by atoms with van der Waals surface area (Å²) in [5.74, 6) is 0.946. The summed E-state index contributed by atoms with van der Waals surface area (Å²) < 4.78 is 0. The Bertz CT molecular complexity index is 262. The van der Waals surface area contributed by atoms with Gasteiger partial charge in [-0.25, -0.2) is 0 Å². The van der Waals surface area contributed by atoms with Crippen molar-refractivity contribution in [3.05, 3.63) is 0 Å². The lowest BCUT2D eigenvalue weighted by Crippen LogP contribution is -2.52. The van der Waals surface area contributed by atoms with Gasteiger partial charge in [0.1, 0.15) is 0 Å². The van der Waals surface area contributed by atoms with Gasteiger partial charge in [-0.1, -0.05) is 33.1 Å². The fourth-order valence-electron chi connectivity index (χ4n) is 3.80. The first kappa shape index (κ1) is 15.3. The third-order valence-corrected chi connectivity index (χ3v) is 5.19. The van der Waals surface area contributed by atoms with Crippen LogP contribution in [0.1, 0.15) is 72.1 Å². The van der Waals surface area contributed by atoms with Crippen LogP contribution in [0.2, 0.25) is 0 Å². The van der Waals surface area contributed by atoms with Crippen molar-refractivity contribution in [2.24, 2.45) is 5.92 Å². The first-order valence-corrected chi connectivity index (χ1v) is 8.68. The molecule has 0 aromatic rings. The lowest BCUT2D eigenvalue weighted by molar-refractivity contribution is 0.135. The second-order valence-corrected chi connectivity index (χ2v) is 7.03. The minimum Gasteiger partial charge on any atom is -0.310 e. The summed E-state index contributed by atoms with van der Waals surface area (Å²) in [7, 11) is 0. The van der Waals surface area contributed by atoms with E-state index in [1.165, 1.54) is 71.0 Å². The highest BCUT2D eigenvalue weighted by atomic mass is 15.2. The first-order chi connectivity index (χ1) is 9.19. The zero-order valence-corrected chi connectivity index (χ0v) is 13.4. The Labute approximate surface area is 120 Å². The number of hydrogen-bond acceptors (Lipinski definition) is 2. The highest BCUT2D eigenvalue weighted by Gasteiger charge is 2.43. The Morgan fingerprint density at radius 2 is 2.00 bits per heavy atom. The smallest absolute Gasteiger partial charge is 0.0308 e. The van der Waals surface area contributed by atoms with Crippen LogP contribution in [0.25, 0.3) is 0 Å². The Hall–Kier alpha value is -0.0800. The molecule has 0 radical (unpaired) electrons. The van der Waals surface area contributed by atoms with Crippen LogP contribution in [0.5, 0.6) is 0 Å². The Balaban J connectivity index is 1.97. The molecule has 1 aliphatic carbocycles. The normalized spacial score (nSPS) is 31.1. The zero-order chi connectivity index (χ0) is 13.7. The van der Waals surface area contributed by atoms with Crippen molar-refractivity contribution in [3.8, 4) is 0 Å². The van der Waals surface area contributed by atoms with E-state index in [-0.39, 0.29) is 0 Å². The Morgan fingerprint density at radius 1 is 1.21 bits per heavy atom. The number of unbranched alkanes of at least 4 members (excludes halogenated alkanes) is 1. The highest BCUT2D eigenvalue weighted by Crippen LogP contribution is 2.41. The first-order valence-electron chi connectivity index (χ1n) is 8.68. The molecule has 0 bridgehead atoms. The van der Waals surface area contributed by atoms with Gasteiger partial charge >= 0.3 is 0 Å². The van der Waals surface area contributed by atoms with Gasteiger partial charge in [-0.15, -0.1) is 0 Å². The largest absolute Gasteiger partial charge is 0.310 e. The van der Waals surface area contributed by atoms with Gasteiger partial charge in [0.25, 0.3) is 0 Å². The molecule has 1 aliphatic heterocycles. The van der Waals surface area contributed by atoms with Crippen LogP contribution in [0.4, 0.5) is 0 Å². The molecule has 0 aromatic carbocycles. The predicted octanol–water partition coefficient (Wildman–Crippen LogP) is 3.81. The summed E-state index contributed by atoms with van der Waals surface area (Å²) in [5.41, 5.74) is 0.398. The number of rotatable bonds is 7. The van der Waals surface area contributed by atoms with Gasteiger partial charge in [-0.05, 0) is 58.0 Å². The molecule has 1 heterocycles. The molecule has 2 atom stereocenters. The van der Waals surface area contributed by atoms with Gasteiger partial charge in [-0.3, -0.25) is 4.90 Å². The van der Waals surface area contributed by atoms with Crippen LogP contribution in [0, 0.1) is 5.92 Å². The van der Waals surface area contributed by atoms with Crippen LogP contribution >= 0.6 is 0 Å². The topological polar surface area (TPSA) is 15.3 Å². The molecule has 2 heteroatoms. The molecule has 2 aliphatic rings. The van der Waals surface area contributed by atoms with Crippen molar-refractivity contribution in [2.45, 2.75) is 83.7 Å². The fourth-order valence-corrected chi connectivity index (χ4v) is 3.80. The predicted molar refractivity (Wildman–Crippen MR) is 83.5 cm³/mol. The Kier molecular flexibility index (Phi) is 5.70. The Morgan fingerprint density at radius 3 is 2.63 bits per heavy atom. The summed E-state index contributed by atoms with van der Waals surface area (Å²) in [4.78, 5) is 2.83. The number of nitrogens with zero attached hydrogens (tertiary/aromatic N) is 1. The maximum Gasteiger partial charge on any atom is 0.0308 e. The van der Waals surface area contributed by atoms with E-state index in [1.807, 2.05) is 0 Å². The zero-order valence-electron chi connectivity index (χ0n) is 13.4. The summed E-state index contributed by atoms with van der Waals surface area (Å²) in [6.07, 6.45) is 11.1. The summed E-state index contributed by atoms with van der Waals surface area (Å²) in [6, 6.07) is 0.836. The summed E-state index contributed by atoms with van der Waals surface area (Å²) in [5, 5.41) is 3.86. The number of nitrogens with one attached hydrogen (secondary N) is 1. The summed E-state index contributed by atoms with van der Waals surface area (Å²) in [6.45, 7) is 11.0. The van der Waals surface area contributed by atoms with Crippen molar-refractivity contribution in [1.29, 1.82) is 0 Å². The summed E-state index contributed by atoms with van der Waals surface area (Å²) >= 11 is 0. The average Bonchev–Trinajstić information content (AvgIpc) is 3.21. The van der Waals surface area contributed by atoms with E-state index >= 15 is 0 Å². The van der Waals surface area contributed by atoms with E-state index in [4.69, 9.17) is 0 Å². The minimum absolute atomic E-state index is 0.398. The third kappa shape index (κ3) is 4.19. The van der Waals surface area contributed by atoms with Crippen molar-refractivity contribution in [3.63, 3.8) is 0 Å². The third-order valence-electron chi connectivity index (χ3n) is 5.19. The van der Waals surface area contributed by atoms with Crippen molar-refractivity contribution in [2.75, 3.05) is 19.6 Å². The molecule has 2 unspecified atom stereocenters. The average molecular weight is 266 g/mol. The molecule has 112 valence electrons. The molecular formula is C17H34N2. The van der Waals surface area contributed by atoms with Gasteiger partial charge in [-0.2, -0.15) is 0 Å². The standard InChI is InChI=1S/C17H34N2/c1-4-6-9-16(8-5-2)19-13-7-12-18-17(3,14-19)15-10-11-15/h15-16,18H,4-14H2,1-3H3. The maximum atomic E-state index is 3.86. The quantitative estimate of drug-likeness (QED) is 0.754. The minimum atomic E-state index is 0.398. The van der Waals surface area contributed by atoms with Crippen molar-refractivity contribution in [1.82, 2.24) is 10.2 Å². The van der Waals surface area contributed by atoms with Crippen LogP contribution in [-0.2, 0) is 0 Å². The van der Waals surface area contributed by atoms with Crippen LogP contribution in [0.3, 0.4) is 0 Å². The van der Waals surface area contributed by atoms with Gasteiger partial charge in [0.05, 0.1) is 0 Å². The molecule has 1 N–H and O–H groups in total. The molecule has 0 aromatic heterocycles. The second kappa shape index (κ2) is 7.08. The molecule has 1 saturated heterocycles. The number of hydrogen-bond donors (Lipinski definition) is 1.